The number of ether oxygens (including phenoxy) is 3. The zero-order valence-electron chi connectivity index (χ0n) is 11.1. The SMILES string of the molecule is CCCC1(Cl)OC1(O)COCC1(O)OC1(Cl)CCC. The van der Waals surface area contributed by atoms with E-state index in [2.05, 4.69) is 0 Å². The minimum absolute atomic E-state index is 0.124. The molecule has 0 aromatic carbocycles. The van der Waals surface area contributed by atoms with Crippen molar-refractivity contribution in [3.05, 3.63) is 0 Å². The molecule has 5 nitrogen and oxygen atoms in total. The second-order valence-corrected chi connectivity index (χ2v) is 6.44. The largest absolute Gasteiger partial charge is 0.370 e. The Kier molecular flexibility index (Phi) is 4.13. The van der Waals surface area contributed by atoms with E-state index in [1.54, 1.807) is 0 Å². The maximum absolute atomic E-state index is 10.00. The Hall–Kier alpha value is 0.380. The molecule has 4 atom stereocenters. The molecule has 4 unspecified atom stereocenters. The third-order valence-electron chi connectivity index (χ3n) is 3.48. The number of rotatable bonds is 8. The highest BCUT2D eigenvalue weighted by atomic mass is 35.5. The average molecular weight is 315 g/mol. The van der Waals surface area contributed by atoms with Crippen LogP contribution in [0.25, 0.3) is 0 Å². The van der Waals surface area contributed by atoms with Gasteiger partial charge in [0.25, 0.3) is 0 Å². The molecule has 0 spiro atoms. The summed E-state index contributed by atoms with van der Waals surface area (Å²) in [5.74, 6) is -2.98. The number of hydrogen-bond acceptors (Lipinski definition) is 5. The number of halogens is 2. The first-order valence-corrected chi connectivity index (χ1v) is 7.30. The van der Waals surface area contributed by atoms with Crippen LogP contribution in [0.5, 0.6) is 0 Å². The van der Waals surface area contributed by atoms with Crippen molar-refractivity contribution in [1.29, 1.82) is 0 Å². The van der Waals surface area contributed by atoms with Crippen LogP contribution in [0.15, 0.2) is 0 Å². The van der Waals surface area contributed by atoms with Gasteiger partial charge in [0.1, 0.15) is 13.2 Å². The molecule has 0 aromatic rings. The van der Waals surface area contributed by atoms with E-state index in [1.165, 1.54) is 0 Å². The molecule has 2 saturated heterocycles. The van der Waals surface area contributed by atoms with Crippen molar-refractivity contribution in [2.45, 2.75) is 61.2 Å². The molecular formula is C12H20Cl2O5. The second kappa shape index (κ2) is 4.98. The minimum Gasteiger partial charge on any atom is -0.370 e. The summed E-state index contributed by atoms with van der Waals surface area (Å²) >= 11 is 12.1. The maximum Gasteiger partial charge on any atom is 0.236 e. The lowest BCUT2D eigenvalue weighted by Crippen LogP contribution is -2.32. The van der Waals surface area contributed by atoms with E-state index in [0.29, 0.717) is 12.8 Å². The number of epoxide rings is 2. The first-order valence-electron chi connectivity index (χ1n) is 6.55. The van der Waals surface area contributed by atoms with Gasteiger partial charge in [-0.05, 0) is 12.8 Å². The van der Waals surface area contributed by atoms with Crippen molar-refractivity contribution in [2.75, 3.05) is 13.2 Å². The Balaban J connectivity index is 1.74. The number of hydrogen-bond donors (Lipinski definition) is 2. The monoisotopic (exact) mass is 314 g/mol. The van der Waals surface area contributed by atoms with Crippen LogP contribution in [0, 0.1) is 0 Å². The number of aliphatic hydroxyl groups is 2. The van der Waals surface area contributed by atoms with E-state index in [1.807, 2.05) is 13.8 Å². The van der Waals surface area contributed by atoms with Crippen LogP contribution in [0.2, 0.25) is 0 Å². The maximum atomic E-state index is 10.00. The lowest BCUT2D eigenvalue weighted by Gasteiger charge is -2.12. The van der Waals surface area contributed by atoms with Crippen molar-refractivity contribution in [3.63, 3.8) is 0 Å². The molecule has 112 valence electrons. The van der Waals surface area contributed by atoms with E-state index >= 15 is 0 Å². The van der Waals surface area contributed by atoms with Crippen LogP contribution >= 0.6 is 23.2 Å². The first-order chi connectivity index (χ1) is 8.74. The van der Waals surface area contributed by atoms with Gasteiger partial charge in [0, 0.05) is 0 Å². The van der Waals surface area contributed by atoms with Gasteiger partial charge in [-0.1, -0.05) is 49.9 Å². The van der Waals surface area contributed by atoms with E-state index in [-0.39, 0.29) is 13.2 Å². The van der Waals surface area contributed by atoms with Gasteiger partial charge in [-0.15, -0.1) is 0 Å². The van der Waals surface area contributed by atoms with Gasteiger partial charge < -0.3 is 24.4 Å². The Labute approximate surface area is 122 Å². The summed E-state index contributed by atoms with van der Waals surface area (Å²) in [5, 5.41) is 17.8. The molecule has 2 aliphatic heterocycles. The zero-order valence-corrected chi connectivity index (χ0v) is 12.6. The third-order valence-corrected chi connectivity index (χ3v) is 4.61. The topological polar surface area (TPSA) is 74.8 Å². The third kappa shape index (κ3) is 2.75. The van der Waals surface area contributed by atoms with Gasteiger partial charge in [-0.25, -0.2) is 0 Å². The van der Waals surface area contributed by atoms with Gasteiger partial charge in [0.15, 0.2) is 0 Å². The van der Waals surface area contributed by atoms with E-state index in [0.717, 1.165) is 12.8 Å². The first kappa shape index (κ1) is 15.8. The highest BCUT2D eigenvalue weighted by molar-refractivity contribution is 6.25. The Bertz CT molecular complexity index is 325. The highest BCUT2D eigenvalue weighted by Crippen LogP contribution is 2.55. The predicted octanol–water partition coefficient (Wildman–Crippen LogP) is 1.91. The smallest absolute Gasteiger partial charge is 0.236 e. The van der Waals surface area contributed by atoms with Crippen LogP contribution in [-0.2, 0) is 14.2 Å². The normalized spacial score (nSPS) is 48.3. The minimum atomic E-state index is -1.49. The van der Waals surface area contributed by atoms with Crippen molar-refractivity contribution < 1.29 is 24.4 Å². The van der Waals surface area contributed by atoms with Crippen LogP contribution in [0.1, 0.15) is 39.5 Å². The fourth-order valence-corrected chi connectivity index (χ4v) is 2.96. The Morgan fingerprint density at radius 1 is 0.895 bits per heavy atom. The Morgan fingerprint density at radius 2 is 1.26 bits per heavy atom. The fraction of sp³-hybridized carbons (Fsp3) is 1.00. The molecule has 2 aliphatic rings. The average Bonchev–Trinajstić information content (AvgIpc) is 3.01. The summed E-state index contributed by atoms with van der Waals surface area (Å²) in [4.78, 5) is 0. The van der Waals surface area contributed by atoms with Crippen molar-refractivity contribution in [1.82, 2.24) is 0 Å². The van der Waals surface area contributed by atoms with Gasteiger partial charge in [0.2, 0.25) is 21.7 Å². The zero-order chi connectivity index (χ0) is 14.4. The van der Waals surface area contributed by atoms with Gasteiger partial charge in [-0.3, -0.25) is 0 Å². The fourth-order valence-electron chi connectivity index (χ4n) is 2.22. The summed E-state index contributed by atoms with van der Waals surface area (Å²) in [6.45, 7) is 3.64. The molecule has 0 radical (unpaired) electrons. The molecule has 2 fully saturated rings. The molecule has 0 saturated carbocycles. The van der Waals surface area contributed by atoms with E-state index in [4.69, 9.17) is 37.4 Å². The molecule has 0 aromatic heterocycles. The molecule has 2 N–H and O–H groups in total. The van der Waals surface area contributed by atoms with Crippen LogP contribution in [0.3, 0.4) is 0 Å². The molecule has 0 amide bonds. The molecule has 0 aliphatic carbocycles. The summed E-state index contributed by atoms with van der Waals surface area (Å²) in [5.41, 5.74) is 0. The van der Waals surface area contributed by atoms with Gasteiger partial charge in [0.05, 0.1) is 0 Å². The van der Waals surface area contributed by atoms with Crippen LogP contribution in [-0.4, -0.2) is 45.1 Å². The highest BCUT2D eigenvalue weighted by Gasteiger charge is 2.71. The predicted molar refractivity (Wildman–Crippen MR) is 69.9 cm³/mol. The van der Waals surface area contributed by atoms with Crippen molar-refractivity contribution in [2.24, 2.45) is 0 Å². The quantitative estimate of drug-likeness (QED) is 0.529. The van der Waals surface area contributed by atoms with Gasteiger partial charge >= 0.3 is 0 Å². The van der Waals surface area contributed by atoms with E-state index < -0.39 is 21.7 Å². The summed E-state index contributed by atoms with van der Waals surface area (Å²) in [6, 6.07) is 0. The second-order valence-electron chi connectivity index (χ2n) is 5.22. The standard InChI is InChI=1S/C12H20Cl2O5/c1-3-5-9(13)11(15,18-9)7-17-8-12(16)10(14,19-12)6-4-2/h15-16H,3-8H2,1-2H3. The van der Waals surface area contributed by atoms with Crippen LogP contribution in [0.4, 0.5) is 0 Å². The molecular weight excluding hydrogens is 295 g/mol. The molecule has 7 heteroatoms. The van der Waals surface area contributed by atoms with Crippen molar-refractivity contribution >= 4 is 23.2 Å². The lowest BCUT2D eigenvalue weighted by molar-refractivity contribution is -0.0926. The summed E-state index contributed by atoms with van der Waals surface area (Å²) in [7, 11) is 0. The summed E-state index contributed by atoms with van der Waals surface area (Å²) in [6.07, 6.45) is 2.65. The molecule has 2 rings (SSSR count). The van der Waals surface area contributed by atoms with Crippen molar-refractivity contribution in [3.8, 4) is 0 Å². The Morgan fingerprint density at radius 3 is 1.58 bits per heavy atom. The molecule has 19 heavy (non-hydrogen) atoms. The number of alkyl halides is 2. The molecule has 2 heterocycles. The molecule has 0 bridgehead atoms. The van der Waals surface area contributed by atoms with E-state index in [9.17, 15) is 10.2 Å². The summed E-state index contributed by atoms with van der Waals surface area (Å²) < 4.78 is 15.5. The van der Waals surface area contributed by atoms with Gasteiger partial charge in [-0.2, -0.15) is 0 Å². The van der Waals surface area contributed by atoms with Crippen LogP contribution < -0.4 is 0 Å². The lowest BCUT2D eigenvalue weighted by atomic mass is 10.1.